The van der Waals surface area contributed by atoms with Crippen LogP contribution in [-0.2, 0) is 13.5 Å². The first kappa shape index (κ1) is 26.5. The van der Waals surface area contributed by atoms with Gasteiger partial charge in [0.2, 0.25) is 0 Å². The third kappa shape index (κ3) is 4.66. The van der Waals surface area contributed by atoms with Crippen molar-refractivity contribution in [1.29, 1.82) is 0 Å². The third-order valence-electron chi connectivity index (χ3n) is 8.64. The van der Waals surface area contributed by atoms with Gasteiger partial charge in [0.15, 0.2) is 0 Å². The first-order valence-corrected chi connectivity index (χ1v) is 14.1. The van der Waals surface area contributed by atoms with Crippen LogP contribution in [0.1, 0.15) is 53.9 Å². The Morgan fingerprint density at radius 2 is 1.75 bits per heavy atom. The Kier molecular flexibility index (Phi) is 7.09. The first-order valence-electron chi connectivity index (χ1n) is 14.1. The van der Waals surface area contributed by atoms with E-state index >= 15 is 0 Å². The van der Waals surface area contributed by atoms with E-state index in [9.17, 15) is 13.6 Å². The number of nitrogens with zero attached hydrogens (tertiary/aromatic N) is 2. The number of methoxy groups -OCH3 is 1. The lowest BCUT2D eigenvalue weighted by Gasteiger charge is -2.34. The van der Waals surface area contributed by atoms with Gasteiger partial charge in [-0.1, -0.05) is 24.3 Å². The molecule has 40 heavy (non-hydrogen) atoms. The van der Waals surface area contributed by atoms with Crippen LogP contribution in [-0.4, -0.2) is 31.3 Å². The molecular weight excluding hydrogens is 508 g/mol. The maximum Gasteiger partial charge on any atom is 0.264 e. The number of pyridine rings is 1. The monoisotopic (exact) mass is 543 g/mol. The summed E-state index contributed by atoms with van der Waals surface area (Å²) in [5, 5.41) is 4.29. The van der Waals surface area contributed by atoms with Crippen LogP contribution in [0.15, 0.2) is 59.4 Å². The normalized spacial score (nSPS) is 16.0. The Hall–Kier alpha value is -3.71. The van der Waals surface area contributed by atoms with Crippen LogP contribution in [0.25, 0.3) is 22.0 Å². The molecule has 0 bridgehead atoms. The SMILES string of the molecule is COc1cc(N2CCCc3cc(-c4ccc(C5CCNCC5)cc4)c(C(F)F)cc32)c2cc(C)c(=O)n(C)c2c1. The molecule has 0 unspecified atom stereocenters. The van der Waals surface area contributed by atoms with Crippen LogP contribution < -0.4 is 20.5 Å². The molecule has 1 fully saturated rings. The number of hydrogen-bond acceptors (Lipinski definition) is 4. The summed E-state index contributed by atoms with van der Waals surface area (Å²) in [7, 11) is 3.35. The van der Waals surface area contributed by atoms with E-state index in [4.69, 9.17) is 4.74 Å². The highest BCUT2D eigenvalue weighted by Gasteiger charge is 2.26. The van der Waals surface area contributed by atoms with Gasteiger partial charge >= 0.3 is 0 Å². The number of aromatic nitrogens is 1. The zero-order chi connectivity index (χ0) is 28.0. The molecule has 1 saturated heterocycles. The Bertz CT molecular complexity index is 1620. The standard InChI is InChI=1S/C33H35F2N3O2/c1-20-15-28-30(37(2)33(20)39)17-25(40-3)18-31(28)38-14-4-5-24-16-26(27(32(34)35)19-29(24)38)23-8-6-21(7-9-23)22-10-12-36-13-11-22/h6-9,15-19,22,32,36H,4-5,10-14H2,1-3H3. The number of ether oxygens (including phenoxy) is 1. The van der Waals surface area contributed by atoms with E-state index in [1.165, 1.54) is 5.56 Å². The van der Waals surface area contributed by atoms with Crippen molar-refractivity contribution < 1.29 is 13.5 Å². The second-order valence-corrected chi connectivity index (χ2v) is 11.0. The predicted octanol–water partition coefficient (Wildman–Crippen LogP) is 7.01. The van der Waals surface area contributed by atoms with Crippen LogP contribution in [0.4, 0.5) is 20.2 Å². The van der Waals surface area contributed by atoms with Crippen molar-refractivity contribution in [3.63, 3.8) is 0 Å². The van der Waals surface area contributed by atoms with Gasteiger partial charge in [-0.05, 0) is 92.1 Å². The third-order valence-corrected chi connectivity index (χ3v) is 8.64. The van der Waals surface area contributed by atoms with Crippen LogP contribution in [0.2, 0.25) is 0 Å². The number of fused-ring (bicyclic) bond motifs is 2. The maximum atomic E-state index is 14.6. The Morgan fingerprint density at radius 3 is 2.45 bits per heavy atom. The molecule has 1 N–H and O–H groups in total. The summed E-state index contributed by atoms with van der Waals surface area (Å²) in [4.78, 5) is 14.8. The highest BCUT2D eigenvalue weighted by Crippen LogP contribution is 2.44. The molecule has 0 radical (unpaired) electrons. The highest BCUT2D eigenvalue weighted by atomic mass is 19.3. The minimum Gasteiger partial charge on any atom is -0.497 e. The minimum atomic E-state index is -2.61. The van der Waals surface area contributed by atoms with Crippen LogP contribution in [0.5, 0.6) is 5.75 Å². The summed E-state index contributed by atoms with van der Waals surface area (Å²) in [5.41, 5.74) is 6.75. The van der Waals surface area contributed by atoms with E-state index in [1.54, 1.807) is 31.7 Å². The number of piperidine rings is 1. The average molecular weight is 544 g/mol. The van der Waals surface area contributed by atoms with Crippen LogP contribution in [0, 0.1) is 6.92 Å². The van der Waals surface area contributed by atoms with Crippen molar-refractivity contribution in [2.45, 2.75) is 45.0 Å². The lowest BCUT2D eigenvalue weighted by atomic mass is 9.87. The molecule has 0 aliphatic carbocycles. The van der Waals surface area contributed by atoms with Crippen molar-refractivity contribution in [3.05, 3.63) is 87.2 Å². The van der Waals surface area contributed by atoms with Crippen molar-refractivity contribution >= 4 is 22.3 Å². The maximum absolute atomic E-state index is 14.6. The largest absolute Gasteiger partial charge is 0.497 e. The van der Waals surface area contributed by atoms with Gasteiger partial charge < -0.3 is 19.5 Å². The molecule has 2 aliphatic heterocycles. The number of aryl methyl sites for hydroxylation is 3. The van der Waals surface area contributed by atoms with Gasteiger partial charge in [0.1, 0.15) is 5.75 Å². The number of benzene rings is 3. The van der Waals surface area contributed by atoms with E-state index in [0.29, 0.717) is 29.3 Å². The molecule has 0 saturated carbocycles. The summed E-state index contributed by atoms with van der Waals surface area (Å²) in [6.07, 6.45) is 1.29. The molecular formula is C33H35F2N3O2. The quantitative estimate of drug-likeness (QED) is 0.294. The molecule has 5 nitrogen and oxygen atoms in total. The lowest BCUT2D eigenvalue weighted by molar-refractivity contribution is 0.152. The van der Waals surface area contributed by atoms with E-state index in [1.807, 2.05) is 36.4 Å². The van der Waals surface area contributed by atoms with Gasteiger partial charge in [-0.25, -0.2) is 8.78 Å². The fourth-order valence-corrected chi connectivity index (χ4v) is 6.44. The second kappa shape index (κ2) is 10.7. The molecule has 7 heteroatoms. The molecule has 2 aliphatic rings. The van der Waals surface area contributed by atoms with Gasteiger partial charge in [0, 0.05) is 47.9 Å². The summed E-state index contributed by atoms with van der Waals surface area (Å²) >= 11 is 0. The summed E-state index contributed by atoms with van der Waals surface area (Å²) in [6, 6.07) is 17.6. The number of rotatable bonds is 5. The fourth-order valence-electron chi connectivity index (χ4n) is 6.44. The average Bonchev–Trinajstić information content (AvgIpc) is 2.99. The van der Waals surface area contributed by atoms with Crippen LogP contribution in [0.3, 0.4) is 0 Å². The first-order chi connectivity index (χ1) is 19.4. The number of halogens is 2. The van der Waals surface area contributed by atoms with Gasteiger partial charge in [-0.3, -0.25) is 4.79 Å². The van der Waals surface area contributed by atoms with Crippen molar-refractivity contribution in [2.75, 3.05) is 31.6 Å². The molecule has 3 heterocycles. The van der Waals surface area contributed by atoms with Gasteiger partial charge in [0.05, 0.1) is 18.3 Å². The predicted molar refractivity (Wildman–Crippen MR) is 157 cm³/mol. The topological polar surface area (TPSA) is 46.5 Å². The zero-order valence-corrected chi connectivity index (χ0v) is 23.3. The Labute approximate surface area is 233 Å². The second-order valence-electron chi connectivity index (χ2n) is 11.0. The number of hydrogen-bond donors (Lipinski definition) is 1. The summed E-state index contributed by atoms with van der Waals surface area (Å²) < 4.78 is 36.5. The highest BCUT2D eigenvalue weighted by molar-refractivity contribution is 5.97. The van der Waals surface area contributed by atoms with Gasteiger partial charge in [-0.2, -0.15) is 0 Å². The number of alkyl halides is 2. The van der Waals surface area contributed by atoms with E-state index < -0.39 is 6.43 Å². The summed E-state index contributed by atoms with van der Waals surface area (Å²) in [5.74, 6) is 1.13. The minimum absolute atomic E-state index is 0.0380. The molecule has 4 aromatic rings. The molecule has 208 valence electrons. The van der Waals surface area contributed by atoms with Crippen LogP contribution >= 0.6 is 0 Å². The molecule has 6 rings (SSSR count). The van der Waals surface area contributed by atoms with Crippen molar-refractivity contribution in [3.8, 4) is 16.9 Å². The van der Waals surface area contributed by atoms with E-state index in [-0.39, 0.29) is 11.1 Å². The Balaban J connectivity index is 1.46. The summed E-state index contributed by atoms with van der Waals surface area (Å²) in [6.45, 7) is 4.52. The Morgan fingerprint density at radius 1 is 1.00 bits per heavy atom. The van der Waals surface area contributed by atoms with Gasteiger partial charge in [0.25, 0.3) is 12.0 Å². The van der Waals surface area contributed by atoms with Crippen molar-refractivity contribution in [2.24, 2.45) is 7.05 Å². The van der Waals surface area contributed by atoms with Gasteiger partial charge in [-0.15, -0.1) is 0 Å². The van der Waals surface area contributed by atoms with Crippen molar-refractivity contribution in [1.82, 2.24) is 9.88 Å². The molecule has 0 amide bonds. The molecule has 0 atom stereocenters. The van der Waals surface area contributed by atoms with E-state index in [2.05, 4.69) is 22.3 Å². The fraction of sp³-hybridized carbons (Fsp3) is 0.364. The molecule has 3 aromatic carbocycles. The number of anilines is 2. The zero-order valence-electron chi connectivity index (χ0n) is 23.3. The molecule has 0 spiro atoms. The smallest absolute Gasteiger partial charge is 0.264 e. The molecule has 1 aromatic heterocycles. The number of nitrogens with one attached hydrogen (secondary N) is 1. The van der Waals surface area contributed by atoms with E-state index in [0.717, 1.165) is 72.2 Å². The lowest BCUT2D eigenvalue weighted by Crippen LogP contribution is -2.26.